The lowest BCUT2D eigenvalue weighted by molar-refractivity contribution is -0.112. The van der Waals surface area contributed by atoms with Gasteiger partial charge in [0.15, 0.2) is 5.12 Å². The predicted octanol–water partition coefficient (Wildman–Crippen LogP) is 5.30. The van der Waals surface area contributed by atoms with Gasteiger partial charge in [0.25, 0.3) is 0 Å². The molecule has 2 unspecified atom stereocenters. The van der Waals surface area contributed by atoms with Crippen LogP contribution in [-0.4, -0.2) is 5.12 Å². The summed E-state index contributed by atoms with van der Waals surface area (Å²) < 4.78 is 0. The highest BCUT2D eigenvalue weighted by Crippen LogP contribution is 2.61. The van der Waals surface area contributed by atoms with Gasteiger partial charge in [-0.25, -0.2) is 0 Å². The Bertz CT molecular complexity index is 579. The summed E-state index contributed by atoms with van der Waals surface area (Å²) in [4.78, 5) is 12.5. The normalized spacial score (nSPS) is 22.8. The highest BCUT2D eigenvalue weighted by Gasteiger charge is 2.60. The maximum atomic E-state index is 12.5. The molecular formula is C19H26OS. The fourth-order valence-corrected chi connectivity index (χ4v) is 4.05. The summed E-state index contributed by atoms with van der Waals surface area (Å²) in [5.74, 6) is 1.39. The first-order chi connectivity index (χ1) is 9.73. The quantitative estimate of drug-likeness (QED) is 0.702. The molecule has 0 saturated heterocycles. The molecule has 0 aromatic heterocycles. The third-order valence-electron chi connectivity index (χ3n) is 4.63. The molecule has 0 amide bonds. The highest BCUT2D eigenvalue weighted by atomic mass is 32.2. The zero-order valence-electron chi connectivity index (χ0n) is 14.0. The molecule has 1 aromatic rings. The first-order valence-corrected chi connectivity index (χ1v) is 8.60. The van der Waals surface area contributed by atoms with Crippen molar-refractivity contribution in [2.75, 3.05) is 0 Å². The van der Waals surface area contributed by atoms with Gasteiger partial charge < -0.3 is 0 Å². The largest absolute Gasteiger partial charge is 0.287 e. The molecule has 0 aliphatic heterocycles. The van der Waals surface area contributed by atoms with Gasteiger partial charge in [0.1, 0.15) is 0 Å². The molecule has 2 atom stereocenters. The van der Waals surface area contributed by atoms with Crippen molar-refractivity contribution in [2.24, 2.45) is 17.3 Å². The van der Waals surface area contributed by atoms with Crippen LogP contribution in [0.3, 0.4) is 0 Å². The van der Waals surface area contributed by atoms with Crippen LogP contribution >= 0.6 is 11.8 Å². The molecule has 1 aliphatic carbocycles. The van der Waals surface area contributed by atoms with Crippen molar-refractivity contribution in [1.82, 2.24) is 0 Å². The van der Waals surface area contributed by atoms with Crippen molar-refractivity contribution in [2.45, 2.75) is 47.3 Å². The lowest BCUT2D eigenvalue weighted by Crippen LogP contribution is -2.01. The number of carbonyl (C=O) groups excluding carboxylic acids is 1. The highest BCUT2D eigenvalue weighted by molar-refractivity contribution is 8.13. The molecule has 0 N–H and O–H groups in total. The number of benzene rings is 1. The van der Waals surface area contributed by atoms with Crippen LogP contribution in [0.2, 0.25) is 0 Å². The smallest absolute Gasteiger partial charge is 0.193 e. The Balaban J connectivity index is 1.97. The second-order valence-electron chi connectivity index (χ2n) is 7.10. The van der Waals surface area contributed by atoms with Crippen molar-refractivity contribution in [1.29, 1.82) is 0 Å². The van der Waals surface area contributed by atoms with Gasteiger partial charge in [-0.3, -0.25) is 4.79 Å². The number of hydrogen-bond acceptors (Lipinski definition) is 2. The first kappa shape index (κ1) is 16.4. The Morgan fingerprint density at radius 3 is 2.48 bits per heavy atom. The van der Waals surface area contributed by atoms with Gasteiger partial charge in [0.05, 0.1) is 0 Å². The minimum Gasteiger partial charge on any atom is -0.287 e. The lowest BCUT2D eigenvalue weighted by atomic mass is 10.1. The number of carbonyl (C=O) groups is 1. The van der Waals surface area contributed by atoms with E-state index >= 15 is 0 Å². The molecule has 114 valence electrons. The van der Waals surface area contributed by atoms with E-state index in [-0.39, 0.29) is 11.3 Å². The number of rotatable bonds is 4. The Labute approximate surface area is 133 Å². The minimum atomic E-state index is 0.130. The zero-order chi connectivity index (χ0) is 15.8. The van der Waals surface area contributed by atoms with Crippen molar-refractivity contribution >= 4 is 16.9 Å². The van der Waals surface area contributed by atoms with E-state index in [1.807, 2.05) is 0 Å². The monoisotopic (exact) mass is 302 g/mol. The minimum absolute atomic E-state index is 0.130. The Hall–Kier alpha value is -1.02. The van der Waals surface area contributed by atoms with Crippen LogP contribution < -0.4 is 0 Å². The van der Waals surface area contributed by atoms with E-state index < -0.39 is 0 Å². The summed E-state index contributed by atoms with van der Waals surface area (Å²) in [6.45, 7) is 12.9. The fraction of sp³-hybridized carbons (Fsp3) is 0.526. The number of hydrogen-bond donors (Lipinski definition) is 0. The first-order valence-electron chi connectivity index (χ1n) is 7.61. The number of allylic oxidation sites excluding steroid dienone is 2. The van der Waals surface area contributed by atoms with Crippen molar-refractivity contribution in [3.05, 3.63) is 46.5 Å². The fourth-order valence-electron chi connectivity index (χ4n) is 2.94. The van der Waals surface area contributed by atoms with E-state index in [2.05, 4.69) is 65.8 Å². The SMILES string of the molecule is CC(C)=CC1C(C(=O)SCc2ccc(C)c(C)c2)C1(C)C. The molecule has 21 heavy (non-hydrogen) atoms. The zero-order valence-corrected chi connectivity index (χ0v) is 14.8. The molecule has 1 saturated carbocycles. The maximum absolute atomic E-state index is 12.5. The van der Waals surface area contributed by atoms with Crippen LogP contribution in [0.4, 0.5) is 0 Å². The lowest BCUT2D eigenvalue weighted by Gasteiger charge is -2.05. The summed E-state index contributed by atoms with van der Waals surface area (Å²) in [6, 6.07) is 6.47. The molecule has 0 bridgehead atoms. The molecule has 2 heteroatoms. The van der Waals surface area contributed by atoms with Crippen molar-refractivity contribution in [3.8, 4) is 0 Å². The third kappa shape index (κ3) is 3.60. The van der Waals surface area contributed by atoms with E-state index in [1.165, 1.54) is 34.0 Å². The predicted molar refractivity (Wildman–Crippen MR) is 92.4 cm³/mol. The standard InChI is InChI=1S/C19H26OS/c1-12(2)9-16-17(19(16,5)6)18(20)21-11-15-8-7-13(3)14(4)10-15/h7-10,16-17H,11H2,1-6H3. The van der Waals surface area contributed by atoms with E-state index in [4.69, 9.17) is 0 Å². The van der Waals surface area contributed by atoms with E-state index in [9.17, 15) is 4.79 Å². The van der Waals surface area contributed by atoms with Gasteiger partial charge >= 0.3 is 0 Å². The average Bonchev–Trinajstić information content (AvgIpc) is 2.91. The molecule has 1 fully saturated rings. The molecule has 1 nitrogen and oxygen atoms in total. The Morgan fingerprint density at radius 2 is 1.90 bits per heavy atom. The molecule has 1 aliphatic rings. The van der Waals surface area contributed by atoms with Gasteiger partial charge in [-0.2, -0.15) is 0 Å². The summed E-state index contributed by atoms with van der Waals surface area (Å²) in [5.41, 5.74) is 5.29. The second-order valence-corrected chi connectivity index (χ2v) is 8.07. The summed E-state index contributed by atoms with van der Waals surface area (Å²) in [5, 5.41) is 0.348. The number of thioether (sulfide) groups is 1. The summed E-state index contributed by atoms with van der Waals surface area (Å²) >= 11 is 1.48. The van der Waals surface area contributed by atoms with Crippen LogP contribution in [0.1, 0.15) is 44.4 Å². The van der Waals surface area contributed by atoms with Gasteiger partial charge in [-0.05, 0) is 55.7 Å². The van der Waals surface area contributed by atoms with Gasteiger partial charge in [-0.1, -0.05) is 55.5 Å². The molecule has 0 radical (unpaired) electrons. The maximum Gasteiger partial charge on any atom is 0.193 e. The van der Waals surface area contributed by atoms with Crippen LogP contribution in [0.15, 0.2) is 29.8 Å². The van der Waals surface area contributed by atoms with Gasteiger partial charge in [-0.15, -0.1) is 0 Å². The van der Waals surface area contributed by atoms with E-state index in [1.54, 1.807) is 0 Å². The molecular weight excluding hydrogens is 276 g/mol. The van der Waals surface area contributed by atoms with Crippen molar-refractivity contribution < 1.29 is 4.79 Å². The summed E-state index contributed by atoms with van der Waals surface area (Å²) in [7, 11) is 0. The van der Waals surface area contributed by atoms with Gasteiger partial charge in [0, 0.05) is 11.7 Å². The van der Waals surface area contributed by atoms with Crippen LogP contribution in [0.25, 0.3) is 0 Å². The molecule has 0 heterocycles. The van der Waals surface area contributed by atoms with Gasteiger partial charge in [0.2, 0.25) is 0 Å². The molecule has 0 spiro atoms. The van der Waals surface area contributed by atoms with Crippen LogP contribution in [0.5, 0.6) is 0 Å². The summed E-state index contributed by atoms with van der Waals surface area (Å²) in [6.07, 6.45) is 2.26. The topological polar surface area (TPSA) is 17.1 Å². The molecule has 1 aromatic carbocycles. The average molecular weight is 302 g/mol. The van der Waals surface area contributed by atoms with Crippen LogP contribution in [-0.2, 0) is 10.5 Å². The number of aryl methyl sites for hydroxylation is 2. The molecule has 2 rings (SSSR count). The Morgan fingerprint density at radius 1 is 1.24 bits per heavy atom. The van der Waals surface area contributed by atoms with E-state index in [0.717, 1.165) is 5.75 Å². The van der Waals surface area contributed by atoms with E-state index in [0.29, 0.717) is 11.0 Å². The Kier molecular flexibility index (Phi) is 4.67. The van der Waals surface area contributed by atoms with Crippen LogP contribution in [0, 0.1) is 31.1 Å². The second kappa shape index (κ2) is 6.00. The van der Waals surface area contributed by atoms with Crippen molar-refractivity contribution in [3.63, 3.8) is 0 Å². The third-order valence-corrected chi connectivity index (χ3v) is 5.65.